The molecule has 11 heteroatoms. The van der Waals surface area contributed by atoms with Gasteiger partial charge in [-0.15, -0.1) is 0 Å². The van der Waals surface area contributed by atoms with Gasteiger partial charge in [-0.1, -0.05) is 11.6 Å². The number of hydrogen-bond donors (Lipinski definition) is 2. The van der Waals surface area contributed by atoms with Crippen LogP contribution in [0.1, 0.15) is 22.3 Å². The molecule has 1 aliphatic heterocycles. The molecule has 1 spiro atoms. The minimum Gasteiger partial charge on any atom is -0.328 e. The molecule has 0 bridgehead atoms. The molecule has 1 aliphatic carbocycles. The molecule has 0 saturated heterocycles. The molecule has 2 aromatic heterocycles. The summed E-state index contributed by atoms with van der Waals surface area (Å²) in [5, 5.41) is 9.50. The Labute approximate surface area is 167 Å². The number of halogens is 3. The van der Waals surface area contributed by atoms with Crippen LogP contribution in [0.5, 0.6) is 0 Å². The smallest absolute Gasteiger partial charge is 0.254 e. The van der Waals surface area contributed by atoms with Crippen LogP contribution in [0.4, 0.5) is 14.7 Å². The van der Waals surface area contributed by atoms with E-state index in [4.69, 9.17) is 11.6 Å². The van der Waals surface area contributed by atoms with Crippen molar-refractivity contribution >= 4 is 40.4 Å². The van der Waals surface area contributed by atoms with Gasteiger partial charge in [0.1, 0.15) is 18.5 Å². The summed E-state index contributed by atoms with van der Waals surface area (Å²) in [6.45, 7) is -0.452. The number of alkyl halides is 1. The van der Waals surface area contributed by atoms with Crippen LogP contribution in [0, 0.1) is 5.82 Å². The maximum atomic E-state index is 14.6. The summed E-state index contributed by atoms with van der Waals surface area (Å²) in [4.78, 5) is 34.6. The number of aromatic amines is 1. The van der Waals surface area contributed by atoms with Gasteiger partial charge in [-0.3, -0.25) is 20.0 Å². The molecule has 1 fully saturated rings. The Morgan fingerprint density at radius 2 is 2.21 bits per heavy atom. The third kappa shape index (κ3) is 2.74. The van der Waals surface area contributed by atoms with Gasteiger partial charge in [0.2, 0.25) is 11.9 Å². The zero-order valence-electron chi connectivity index (χ0n) is 14.7. The number of nitrogens with one attached hydrogen (secondary N) is 2. The lowest BCUT2D eigenvalue weighted by Crippen LogP contribution is -2.48. The SMILES string of the molecule is O=C(CN1C[C@@]2(C[C@H]2F)c2c(ccc(Cl)c2F)C1=O)Nc1ncc2cn[nH]c2n1. The van der Waals surface area contributed by atoms with Crippen LogP contribution in [0.2, 0.25) is 5.02 Å². The van der Waals surface area contributed by atoms with Crippen molar-refractivity contribution in [2.45, 2.75) is 18.0 Å². The van der Waals surface area contributed by atoms with E-state index in [2.05, 4.69) is 25.5 Å². The summed E-state index contributed by atoms with van der Waals surface area (Å²) >= 11 is 5.83. The third-order valence-corrected chi connectivity index (χ3v) is 5.64. The van der Waals surface area contributed by atoms with Gasteiger partial charge in [0, 0.05) is 23.9 Å². The molecular weight excluding hydrogens is 406 g/mol. The lowest BCUT2D eigenvalue weighted by molar-refractivity contribution is -0.117. The van der Waals surface area contributed by atoms with E-state index >= 15 is 0 Å². The Hall–Kier alpha value is -3.14. The summed E-state index contributed by atoms with van der Waals surface area (Å²) < 4.78 is 28.8. The van der Waals surface area contributed by atoms with Crippen molar-refractivity contribution in [1.29, 1.82) is 0 Å². The molecule has 29 heavy (non-hydrogen) atoms. The Kier molecular flexibility index (Phi) is 3.82. The Balaban J connectivity index is 1.39. The highest BCUT2D eigenvalue weighted by Crippen LogP contribution is 2.55. The number of fused-ring (bicyclic) bond motifs is 3. The van der Waals surface area contributed by atoms with Crippen LogP contribution in [0.3, 0.4) is 0 Å². The van der Waals surface area contributed by atoms with Gasteiger partial charge in [0.05, 0.1) is 22.0 Å². The molecule has 0 radical (unpaired) electrons. The second-order valence-corrected chi connectivity index (χ2v) is 7.60. The van der Waals surface area contributed by atoms with E-state index in [1.54, 1.807) is 6.20 Å². The van der Waals surface area contributed by atoms with Crippen molar-refractivity contribution in [2.24, 2.45) is 0 Å². The lowest BCUT2D eigenvalue weighted by atomic mass is 9.85. The van der Waals surface area contributed by atoms with Gasteiger partial charge in [-0.25, -0.2) is 13.8 Å². The second kappa shape index (κ2) is 6.18. The fourth-order valence-electron chi connectivity index (χ4n) is 3.82. The first-order valence-corrected chi connectivity index (χ1v) is 9.14. The van der Waals surface area contributed by atoms with Crippen molar-refractivity contribution in [3.8, 4) is 0 Å². The molecule has 2 N–H and O–H groups in total. The molecule has 2 amide bonds. The largest absolute Gasteiger partial charge is 0.328 e. The van der Waals surface area contributed by atoms with Crippen molar-refractivity contribution in [1.82, 2.24) is 25.1 Å². The van der Waals surface area contributed by atoms with Gasteiger partial charge >= 0.3 is 0 Å². The Morgan fingerprint density at radius 3 is 2.97 bits per heavy atom. The van der Waals surface area contributed by atoms with E-state index in [9.17, 15) is 18.4 Å². The predicted molar refractivity (Wildman–Crippen MR) is 98.8 cm³/mol. The zero-order valence-corrected chi connectivity index (χ0v) is 15.5. The van der Waals surface area contributed by atoms with Crippen molar-refractivity contribution < 1.29 is 18.4 Å². The second-order valence-electron chi connectivity index (χ2n) is 7.19. The van der Waals surface area contributed by atoms with Crippen LogP contribution in [0.25, 0.3) is 11.0 Å². The molecule has 0 unspecified atom stereocenters. The zero-order chi connectivity index (χ0) is 20.3. The molecule has 2 aliphatic rings. The average molecular weight is 419 g/mol. The van der Waals surface area contributed by atoms with E-state index in [1.165, 1.54) is 23.2 Å². The quantitative estimate of drug-likeness (QED) is 0.678. The maximum Gasteiger partial charge on any atom is 0.254 e. The monoisotopic (exact) mass is 418 g/mol. The maximum absolute atomic E-state index is 14.6. The van der Waals surface area contributed by atoms with Crippen molar-refractivity contribution in [3.63, 3.8) is 0 Å². The number of carbonyl (C=O) groups is 2. The molecule has 8 nitrogen and oxygen atoms in total. The average Bonchev–Trinajstić information content (AvgIpc) is 3.10. The van der Waals surface area contributed by atoms with Crippen LogP contribution in [-0.2, 0) is 10.2 Å². The first-order valence-electron chi connectivity index (χ1n) is 8.77. The summed E-state index contributed by atoms with van der Waals surface area (Å²) in [5.41, 5.74) is -0.680. The van der Waals surface area contributed by atoms with Crippen molar-refractivity contribution in [3.05, 3.63) is 46.5 Å². The summed E-state index contributed by atoms with van der Waals surface area (Å²) in [5.74, 6) is -1.84. The molecular formula is C18H13ClF2N6O2. The summed E-state index contributed by atoms with van der Waals surface area (Å²) in [7, 11) is 0. The summed E-state index contributed by atoms with van der Waals surface area (Å²) in [6.07, 6.45) is 1.79. The fraction of sp³-hybridized carbons (Fsp3) is 0.278. The van der Waals surface area contributed by atoms with Gasteiger partial charge < -0.3 is 4.90 Å². The van der Waals surface area contributed by atoms with Gasteiger partial charge in [0.15, 0.2) is 5.65 Å². The highest BCUT2D eigenvalue weighted by atomic mass is 35.5. The van der Waals surface area contributed by atoms with Gasteiger partial charge in [0.25, 0.3) is 5.91 Å². The number of carbonyl (C=O) groups excluding carboxylic acids is 2. The topological polar surface area (TPSA) is 104 Å². The number of nitrogens with zero attached hydrogens (tertiary/aromatic N) is 4. The van der Waals surface area contributed by atoms with E-state index in [0.717, 1.165) is 0 Å². The standard InChI is InChI=1S/C18H13ClF2N6O2/c19-10-2-1-9-13(14(10)21)18(3-11(18)20)7-27(16(9)29)6-12(28)24-17-22-4-8-5-23-26-15(8)25-17/h1-2,4-5,11H,3,6-7H2,(H2,22,23,24,25,26,28)/t11-,18-/m1/s1. The minimum atomic E-state index is -1.31. The molecule has 1 saturated carbocycles. The number of amides is 2. The fourth-order valence-corrected chi connectivity index (χ4v) is 3.98. The van der Waals surface area contributed by atoms with E-state index in [-0.39, 0.29) is 41.6 Å². The van der Waals surface area contributed by atoms with Gasteiger partial charge in [-0.2, -0.15) is 10.1 Å². The lowest BCUT2D eigenvalue weighted by Gasteiger charge is -2.34. The number of hydrogen-bond acceptors (Lipinski definition) is 5. The number of aromatic nitrogens is 4. The first kappa shape index (κ1) is 17.9. The molecule has 148 valence electrons. The number of rotatable bonds is 3. The molecule has 5 rings (SSSR count). The number of benzene rings is 1. The minimum absolute atomic E-state index is 0.00666. The summed E-state index contributed by atoms with van der Waals surface area (Å²) in [6, 6.07) is 2.63. The first-order chi connectivity index (χ1) is 13.9. The molecule has 3 heterocycles. The van der Waals surface area contributed by atoms with Crippen molar-refractivity contribution in [2.75, 3.05) is 18.4 Å². The highest BCUT2D eigenvalue weighted by Gasteiger charge is 2.62. The Morgan fingerprint density at radius 1 is 1.41 bits per heavy atom. The normalized spacial score (nSPS) is 22.8. The molecule has 1 aromatic carbocycles. The van der Waals surface area contributed by atoms with E-state index in [1.807, 2.05) is 0 Å². The molecule has 2 atom stereocenters. The van der Waals surface area contributed by atoms with E-state index in [0.29, 0.717) is 11.0 Å². The number of anilines is 1. The van der Waals surface area contributed by atoms with Crippen LogP contribution in [-0.4, -0.2) is 56.1 Å². The molecule has 3 aromatic rings. The van der Waals surface area contributed by atoms with Crippen LogP contribution in [0.15, 0.2) is 24.5 Å². The number of H-pyrrole nitrogens is 1. The predicted octanol–water partition coefficient (Wildman–Crippen LogP) is 2.22. The van der Waals surface area contributed by atoms with Crippen LogP contribution >= 0.6 is 11.6 Å². The third-order valence-electron chi connectivity index (χ3n) is 5.34. The highest BCUT2D eigenvalue weighted by molar-refractivity contribution is 6.31. The van der Waals surface area contributed by atoms with E-state index < -0.39 is 29.2 Å². The Bertz CT molecular complexity index is 1180. The van der Waals surface area contributed by atoms with Gasteiger partial charge in [-0.05, 0) is 18.6 Å². The van der Waals surface area contributed by atoms with Crippen LogP contribution < -0.4 is 5.32 Å².